The van der Waals surface area contributed by atoms with E-state index in [1.807, 2.05) is 26.0 Å². The third-order valence-electron chi connectivity index (χ3n) is 2.84. The Bertz CT molecular complexity index is 620. The van der Waals surface area contributed by atoms with Crippen molar-refractivity contribution in [3.63, 3.8) is 0 Å². The Morgan fingerprint density at radius 1 is 1.22 bits per heavy atom. The molecule has 18 heavy (non-hydrogen) atoms. The fourth-order valence-electron chi connectivity index (χ4n) is 1.96. The topological polar surface area (TPSA) is 82.0 Å². The number of carbonyl (C=O) groups excluding carboxylic acids is 1. The molecule has 4 N–H and O–H groups in total. The molecule has 1 aromatic heterocycles. The van der Waals surface area contributed by atoms with Crippen molar-refractivity contribution in [1.29, 1.82) is 0 Å². The summed E-state index contributed by atoms with van der Waals surface area (Å²) < 4.78 is 0. The van der Waals surface area contributed by atoms with Gasteiger partial charge >= 0.3 is 0 Å². The maximum Gasteiger partial charge on any atom is 0.249 e. The third-order valence-corrected chi connectivity index (χ3v) is 2.84. The van der Waals surface area contributed by atoms with Crippen molar-refractivity contribution in [3.8, 4) is 11.3 Å². The molecular formula is C14H15N3O. The number of nitrogen functional groups attached to an aromatic ring is 1. The summed E-state index contributed by atoms with van der Waals surface area (Å²) in [6.45, 7) is 3.81. The standard InChI is InChI=1S/C14H15N3O/c1-8-7-9(2)17-13(12(8)15)10-5-3-4-6-11(10)14(16)18/h3-7H,15H2,1-2H3,(H2,16,18). The molecule has 0 aliphatic rings. The van der Waals surface area contributed by atoms with E-state index in [1.165, 1.54) is 0 Å². The summed E-state index contributed by atoms with van der Waals surface area (Å²) >= 11 is 0. The van der Waals surface area contributed by atoms with Crippen LogP contribution in [0.5, 0.6) is 0 Å². The number of aromatic nitrogens is 1. The Kier molecular flexibility index (Phi) is 3.02. The van der Waals surface area contributed by atoms with Crippen LogP contribution in [-0.4, -0.2) is 10.9 Å². The summed E-state index contributed by atoms with van der Waals surface area (Å²) in [5.41, 5.74) is 15.5. The number of aryl methyl sites for hydroxylation is 2. The molecule has 1 heterocycles. The highest BCUT2D eigenvalue weighted by atomic mass is 16.1. The first-order valence-electron chi connectivity index (χ1n) is 5.63. The summed E-state index contributed by atoms with van der Waals surface area (Å²) in [6, 6.07) is 8.99. The van der Waals surface area contributed by atoms with Gasteiger partial charge in [-0.2, -0.15) is 0 Å². The van der Waals surface area contributed by atoms with Crippen molar-refractivity contribution in [1.82, 2.24) is 4.98 Å². The molecule has 92 valence electrons. The zero-order valence-corrected chi connectivity index (χ0v) is 10.4. The molecule has 0 aliphatic heterocycles. The van der Waals surface area contributed by atoms with Crippen LogP contribution < -0.4 is 11.5 Å². The lowest BCUT2D eigenvalue weighted by Crippen LogP contribution is -2.13. The third kappa shape index (κ3) is 2.05. The fraction of sp³-hybridized carbons (Fsp3) is 0.143. The van der Waals surface area contributed by atoms with Crippen LogP contribution in [0, 0.1) is 13.8 Å². The van der Waals surface area contributed by atoms with Gasteiger partial charge in [-0.15, -0.1) is 0 Å². The minimum Gasteiger partial charge on any atom is -0.397 e. The molecule has 0 radical (unpaired) electrons. The van der Waals surface area contributed by atoms with Crippen LogP contribution in [-0.2, 0) is 0 Å². The molecule has 0 saturated heterocycles. The van der Waals surface area contributed by atoms with Gasteiger partial charge < -0.3 is 11.5 Å². The van der Waals surface area contributed by atoms with E-state index in [-0.39, 0.29) is 0 Å². The quantitative estimate of drug-likeness (QED) is 0.844. The van der Waals surface area contributed by atoms with Crippen LogP contribution in [0.15, 0.2) is 30.3 Å². The SMILES string of the molecule is Cc1cc(C)c(N)c(-c2ccccc2C(N)=O)n1. The van der Waals surface area contributed by atoms with Crippen LogP contribution in [0.4, 0.5) is 5.69 Å². The Morgan fingerprint density at radius 3 is 2.56 bits per heavy atom. The number of pyridine rings is 1. The lowest BCUT2D eigenvalue weighted by atomic mass is 10.0. The van der Waals surface area contributed by atoms with Gasteiger partial charge in [0.15, 0.2) is 0 Å². The zero-order chi connectivity index (χ0) is 13.3. The molecule has 0 unspecified atom stereocenters. The molecule has 4 nitrogen and oxygen atoms in total. The van der Waals surface area contributed by atoms with E-state index >= 15 is 0 Å². The molecule has 2 aromatic rings. The van der Waals surface area contributed by atoms with Crippen molar-refractivity contribution in [2.75, 3.05) is 5.73 Å². The number of carbonyl (C=O) groups is 1. The molecule has 0 aliphatic carbocycles. The summed E-state index contributed by atoms with van der Waals surface area (Å²) in [7, 11) is 0. The molecule has 1 amide bonds. The van der Waals surface area contributed by atoms with Crippen LogP contribution in [0.1, 0.15) is 21.6 Å². The van der Waals surface area contributed by atoms with Crippen molar-refractivity contribution in [2.45, 2.75) is 13.8 Å². The number of amides is 1. The van der Waals surface area contributed by atoms with Crippen molar-refractivity contribution < 1.29 is 4.79 Å². The number of anilines is 1. The van der Waals surface area contributed by atoms with E-state index in [0.29, 0.717) is 22.5 Å². The summed E-state index contributed by atoms with van der Waals surface area (Å²) in [5, 5.41) is 0. The van der Waals surface area contributed by atoms with E-state index in [0.717, 1.165) is 11.3 Å². The highest BCUT2D eigenvalue weighted by molar-refractivity contribution is 6.00. The Morgan fingerprint density at radius 2 is 1.89 bits per heavy atom. The van der Waals surface area contributed by atoms with Gasteiger partial charge in [0.05, 0.1) is 11.4 Å². The molecule has 2 rings (SSSR count). The Hall–Kier alpha value is -2.36. The van der Waals surface area contributed by atoms with E-state index in [1.54, 1.807) is 18.2 Å². The van der Waals surface area contributed by atoms with Crippen LogP contribution in [0.25, 0.3) is 11.3 Å². The number of primary amides is 1. The normalized spacial score (nSPS) is 10.3. The van der Waals surface area contributed by atoms with Gasteiger partial charge in [-0.05, 0) is 31.5 Å². The number of nitrogens with zero attached hydrogens (tertiary/aromatic N) is 1. The minimum atomic E-state index is -0.481. The van der Waals surface area contributed by atoms with Crippen LogP contribution in [0.2, 0.25) is 0 Å². The van der Waals surface area contributed by atoms with Gasteiger partial charge in [0.25, 0.3) is 0 Å². The summed E-state index contributed by atoms with van der Waals surface area (Å²) in [6.07, 6.45) is 0. The largest absolute Gasteiger partial charge is 0.397 e. The summed E-state index contributed by atoms with van der Waals surface area (Å²) in [5.74, 6) is -0.481. The Balaban J connectivity index is 2.73. The zero-order valence-electron chi connectivity index (χ0n) is 10.4. The number of nitrogens with two attached hydrogens (primary N) is 2. The first kappa shape index (κ1) is 12.1. The summed E-state index contributed by atoms with van der Waals surface area (Å²) in [4.78, 5) is 15.8. The number of hydrogen-bond donors (Lipinski definition) is 2. The smallest absolute Gasteiger partial charge is 0.249 e. The van der Waals surface area contributed by atoms with Crippen molar-refractivity contribution >= 4 is 11.6 Å². The Labute approximate surface area is 106 Å². The number of rotatable bonds is 2. The molecule has 0 saturated carbocycles. The monoisotopic (exact) mass is 241 g/mol. The number of hydrogen-bond acceptors (Lipinski definition) is 3. The van der Waals surface area contributed by atoms with Gasteiger partial charge in [0.1, 0.15) is 0 Å². The van der Waals surface area contributed by atoms with Gasteiger partial charge in [0.2, 0.25) is 5.91 Å². The number of benzene rings is 1. The van der Waals surface area contributed by atoms with Crippen LogP contribution >= 0.6 is 0 Å². The first-order valence-corrected chi connectivity index (χ1v) is 5.63. The van der Waals surface area contributed by atoms with E-state index < -0.39 is 5.91 Å². The maximum atomic E-state index is 11.4. The second-order valence-corrected chi connectivity index (χ2v) is 4.25. The molecule has 0 spiro atoms. The van der Waals surface area contributed by atoms with Gasteiger partial charge in [-0.25, -0.2) is 0 Å². The van der Waals surface area contributed by atoms with E-state index in [4.69, 9.17) is 11.5 Å². The van der Waals surface area contributed by atoms with Gasteiger partial charge in [0, 0.05) is 16.8 Å². The second kappa shape index (κ2) is 4.49. The lowest BCUT2D eigenvalue weighted by Gasteiger charge is -2.11. The fourth-order valence-corrected chi connectivity index (χ4v) is 1.96. The first-order chi connectivity index (χ1) is 8.50. The van der Waals surface area contributed by atoms with Crippen molar-refractivity contribution in [3.05, 3.63) is 47.2 Å². The molecule has 1 aromatic carbocycles. The van der Waals surface area contributed by atoms with E-state index in [9.17, 15) is 4.79 Å². The predicted molar refractivity (Wildman–Crippen MR) is 72.1 cm³/mol. The highest BCUT2D eigenvalue weighted by Crippen LogP contribution is 2.29. The van der Waals surface area contributed by atoms with Gasteiger partial charge in [-0.3, -0.25) is 9.78 Å². The molecule has 0 atom stereocenters. The average Bonchev–Trinajstić information content (AvgIpc) is 2.33. The van der Waals surface area contributed by atoms with Crippen LogP contribution in [0.3, 0.4) is 0 Å². The predicted octanol–water partition coefficient (Wildman–Crippen LogP) is 2.05. The molecular weight excluding hydrogens is 226 g/mol. The highest BCUT2D eigenvalue weighted by Gasteiger charge is 2.14. The molecule has 0 bridgehead atoms. The minimum absolute atomic E-state index is 0.432. The second-order valence-electron chi connectivity index (χ2n) is 4.25. The average molecular weight is 241 g/mol. The maximum absolute atomic E-state index is 11.4. The molecule has 0 fully saturated rings. The van der Waals surface area contributed by atoms with Gasteiger partial charge in [-0.1, -0.05) is 18.2 Å². The lowest BCUT2D eigenvalue weighted by molar-refractivity contribution is 0.100. The molecule has 4 heteroatoms. The van der Waals surface area contributed by atoms with E-state index in [2.05, 4.69) is 4.98 Å². The van der Waals surface area contributed by atoms with Crippen molar-refractivity contribution in [2.24, 2.45) is 5.73 Å².